The van der Waals surface area contributed by atoms with Gasteiger partial charge in [0.2, 0.25) is 5.91 Å². The van der Waals surface area contributed by atoms with E-state index in [0.29, 0.717) is 19.5 Å². The molecule has 1 aliphatic heterocycles. The summed E-state index contributed by atoms with van der Waals surface area (Å²) in [5.41, 5.74) is 2.26. The van der Waals surface area contributed by atoms with Gasteiger partial charge in [-0.3, -0.25) is 4.79 Å². The molecule has 120 valence electrons. The predicted octanol–water partition coefficient (Wildman–Crippen LogP) is 2.29. The lowest BCUT2D eigenvalue weighted by Crippen LogP contribution is -2.34. The zero-order valence-corrected chi connectivity index (χ0v) is 14.0. The zero-order chi connectivity index (χ0) is 16.2. The first kappa shape index (κ1) is 16.7. The van der Waals surface area contributed by atoms with Gasteiger partial charge in [-0.25, -0.2) is 8.42 Å². The van der Waals surface area contributed by atoms with E-state index in [9.17, 15) is 13.2 Å². The van der Waals surface area contributed by atoms with Crippen molar-refractivity contribution in [2.75, 3.05) is 24.6 Å². The van der Waals surface area contributed by atoms with Crippen LogP contribution in [0.3, 0.4) is 0 Å². The van der Waals surface area contributed by atoms with E-state index in [1.165, 1.54) is 5.56 Å². The predicted molar refractivity (Wildman–Crippen MR) is 89.2 cm³/mol. The summed E-state index contributed by atoms with van der Waals surface area (Å²) in [5.74, 6) is 0.241. The number of hydrogen-bond donors (Lipinski definition) is 0. The fourth-order valence-electron chi connectivity index (χ4n) is 2.62. The Kier molecular flexibility index (Phi) is 5.40. The molecule has 0 bridgehead atoms. The summed E-state index contributed by atoms with van der Waals surface area (Å²) in [4.78, 5) is 13.9. The first-order valence-corrected chi connectivity index (χ1v) is 9.39. The molecule has 1 aliphatic rings. The highest BCUT2D eigenvalue weighted by atomic mass is 32.2. The number of rotatable bonds is 3. The van der Waals surface area contributed by atoms with E-state index in [-0.39, 0.29) is 23.3 Å². The fraction of sp³-hybridized carbons (Fsp3) is 0.471. The van der Waals surface area contributed by atoms with Crippen LogP contribution in [0.4, 0.5) is 0 Å². The van der Waals surface area contributed by atoms with Gasteiger partial charge >= 0.3 is 0 Å². The van der Waals surface area contributed by atoms with Crippen LogP contribution >= 0.6 is 0 Å². The normalized spacial score (nSPS) is 21.7. The Hall–Kier alpha value is -1.62. The fourth-order valence-corrected chi connectivity index (χ4v) is 4.25. The molecule has 1 aromatic rings. The first-order chi connectivity index (χ1) is 10.4. The molecular formula is C17H23NO3S. The van der Waals surface area contributed by atoms with Gasteiger partial charge in [0.05, 0.1) is 11.5 Å². The van der Waals surface area contributed by atoms with Gasteiger partial charge in [-0.1, -0.05) is 48.9 Å². The molecule has 1 aromatic carbocycles. The Bertz CT molecular complexity index is 647. The molecule has 1 saturated heterocycles. The molecule has 1 amide bonds. The van der Waals surface area contributed by atoms with Crippen LogP contribution < -0.4 is 0 Å². The molecule has 1 atom stereocenters. The molecule has 0 spiro atoms. The molecule has 0 N–H and O–H groups in total. The standard InChI is InChI=1S/C17H23NO3S/c1-14-6-8-16(9-7-14)4-3-5-17(19)18-10-11-22(20,21)13-15(2)12-18/h3-4,6-9,15H,5,10-13H2,1-2H3/b4-3+. The number of carbonyl (C=O) groups excluding carboxylic acids is 1. The van der Waals surface area contributed by atoms with E-state index in [1.54, 1.807) is 4.90 Å². The zero-order valence-electron chi connectivity index (χ0n) is 13.2. The van der Waals surface area contributed by atoms with Crippen molar-refractivity contribution in [2.45, 2.75) is 20.3 Å². The highest BCUT2D eigenvalue weighted by molar-refractivity contribution is 7.91. The van der Waals surface area contributed by atoms with Crippen molar-refractivity contribution in [3.05, 3.63) is 41.5 Å². The summed E-state index contributed by atoms with van der Waals surface area (Å²) in [6.07, 6.45) is 4.08. The summed E-state index contributed by atoms with van der Waals surface area (Å²) in [6, 6.07) is 8.08. The smallest absolute Gasteiger partial charge is 0.226 e. The second-order valence-corrected chi connectivity index (χ2v) is 8.31. The second-order valence-electron chi connectivity index (χ2n) is 6.08. The number of benzene rings is 1. The third-order valence-corrected chi connectivity index (χ3v) is 5.66. The SMILES string of the molecule is Cc1ccc(/C=C/CC(=O)N2CCS(=O)(=O)CC(C)C2)cc1. The molecule has 0 aromatic heterocycles. The number of amides is 1. The van der Waals surface area contributed by atoms with Crippen LogP contribution in [0.15, 0.2) is 30.3 Å². The third kappa shape index (κ3) is 4.98. The number of aryl methyl sites for hydroxylation is 1. The molecule has 5 heteroatoms. The maximum absolute atomic E-state index is 12.2. The van der Waals surface area contributed by atoms with Crippen molar-refractivity contribution in [2.24, 2.45) is 5.92 Å². The Balaban J connectivity index is 1.93. The number of nitrogens with zero attached hydrogens (tertiary/aromatic N) is 1. The van der Waals surface area contributed by atoms with Gasteiger partial charge in [0, 0.05) is 19.5 Å². The van der Waals surface area contributed by atoms with Crippen LogP contribution in [0.2, 0.25) is 0 Å². The van der Waals surface area contributed by atoms with Crippen LogP contribution in [0.1, 0.15) is 24.5 Å². The lowest BCUT2D eigenvalue weighted by Gasteiger charge is -2.21. The van der Waals surface area contributed by atoms with Crippen LogP contribution in [-0.2, 0) is 14.6 Å². The molecule has 1 unspecified atom stereocenters. The molecule has 22 heavy (non-hydrogen) atoms. The van der Waals surface area contributed by atoms with Crippen molar-refractivity contribution in [3.63, 3.8) is 0 Å². The maximum Gasteiger partial charge on any atom is 0.226 e. The van der Waals surface area contributed by atoms with Crippen LogP contribution in [0, 0.1) is 12.8 Å². The lowest BCUT2D eigenvalue weighted by atomic mass is 10.1. The molecule has 0 saturated carbocycles. The number of sulfone groups is 1. The topological polar surface area (TPSA) is 54.5 Å². The van der Waals surface area contributed by atoms with Gasteiger partial charge in [0.15, 0.2) is 9.84 Å². The van der Waals surface area contributed by atoms with Gasteiger partial charge in [-0.05, 0) is 18.4 Å². The van der Waals surface area contributed by atoms with Crippen LogP contribution in [-0.4, -0.2) is 43.8 Å². The van der Waals surface area contributed by atoms with E-state index in [0.717, 1.165) is 5.56 Å². The number of hydrogen-bond acceptors (Lipinski definition) is 3. The van der Waals surface area contributed by atoms with Gasteiger partial charge in [-0.2, -0.15) is 0 Å². The van der Waals surface area contributed by atoms with Crippen molar-refractivity contribution in [1.29, 1.82) is 0 Å². The minimum atomic E-state index is -3.01. The van der Waals surface area contributed by atoms with Crippen molar-refractivity contribution >= 4 is 21.8 Å². The summed E-state index contributed by atoms with van der Waals surface area (Å²) < 4.78 is 23.4. The molecule has 0 aliphatic carbocycles. The van der Waals surface area contributed by atoms with Crippen molar-refractivity contribution in [3.8, 4) is 0 Å². The highest BCUT2D eigenvalue weighted by Crippen LogP contribution is 2.13. The second kappa shape index (κ2) is 7.09. The Morgan fingerprint density at radius 1 is 1.32 bits per heavy atom. The Morgan fingerprint density at radius 3 is 2.68 bits per heavy atom. The van der Waals surface area contributed by atoms with E-state index in [2.05, 4.69) is 0 Å². The molecule has 4 nitrogen and oxygen atoms in total. The first-order valence-electron chi connectivity index (χ1n) is 7.57. The Morgan fingerprint density at radius 2 is 2.00 bits per heavy atom. The maximum atomic E-state index is 12.2. The van der Waals surface area contributed by atoms with Gasteiger partial charge in [0.1, 0.15) is 0 Å². The Labute approximate surface area is 132 Å². The van der Waals surface area contributed by atoms with Crippen LogP contribution in [0.5, 0.6) is 0 Å². The average molecular weight is 321 g/mol. The summed E-state index contributed by atoms with van der Waals surface area (Å²) in [6.45, 7) is 4.75. The van der Waals surface area contributed by atoms with E-state index < -0.39 is 9.84 Å². The van der Waals surface area contributed by atoms with Crippen molar-refractivity contribution in [1.82, 2.24) is 4.90 Å². The summed E-state index contributed by atoms with van der Waals surface area (Å²) in [7, 11) is -3.01. The quantitative estimate of drug-likeness (QED) is 0.858. The van der Waals surface area contributed by atoms with Crippen LogP contribution in [0.25, 0.3) is 6.08 Å². The minimum absolute atomic E-state index is 0.00229. The molecule has 1 fully saturated rings. The van der Waals surface area contributed by atoms with E-state index in [1.807, 2.05) is 50.3 Å². The lowest BCUT2D eigenvalue weighted by molar-refractivity contribution is -0.130. The van der Waals surface area contributed by atoms with Crippen molar-refractivity contribution < 1.29 is 13.2 Å². The minimum Gasteiger partial charge on any atom is -0.341 e. The van der Waals surface area contributed by atoms with Gasteiger partial charge in [-0.15, -0.1) is 0 Å². The van der Waals surface area contributed by atoms with Gasteiger partial charge < -0.3 is 4.90 Å². The van der Waals surface area contributed by atoms with E-state index in [4.69, 9.17) is 0 Å². The summed E-state index contributed by atoms with van der Waals surface area (Å²) >= 11 is 0. The van der Waals surface area contributed by atoms with E-state index >= 15 is 0 Å². The van der Waals surface area contributed by atoms with Gasteiger partial charge in [0.25, 0.3) is 0 Å². The average Bonchev–Trinajstić information content (AvgIpc) is 2.58. The molecule has 2 rings (SSSR count). The summed E-state index contributed by atoms with van der Waals surface area (Å²) in [5, 5.41) is 0. The molecule has 0 radical (unpaired) electrons. The third-order valence-electron chi connectivity index (χ3n) is 3.78. The number of carbonyl (C=O) groups is 1. The molecule has 1 heterocycles. The monoisotopic (exact) mass is 321 g/mol. The highest BCUT2D eigenvalue weighted by Gasteiger charge is 2.26. The largest absolute Gasteiger partial charge is 0.341 e. The molecular weight excluding hydrogens is 298 g/mol.